The van der Waals surface area contributed by atoms with Gasteiger partial charge in [-0.3, -0.25) is 0 Å². The molecule has 0 bridgehead atoms. The van der Waals surface area contributed by atoms with E-state index in [1.807, 2.05) is 11.3 Å². The highest BCUT2D eigenvalue weighted by molar-refractivity contribution is 7.22. The Hall–Kier alpha value is -7.02. The fourth-order valence-electron chi connectivity index (χ4n) is 11.0. The molecule has 8 aromatic carbocycles. The van der Waals surface area contributed by atoms with Crippen LogP contribution in [0.25, 0.3) is 103 Å². The lowest BCUT2D eigenvalue weighted by Crippen LogP contribution is -2.60. The van der Waals surface area contributed by atoms with Crippen molar-refractivity contribution in [1.29, 1.82) is 0 Å². The molecule has 306 valence electrons. The quantitative estimate of drug-likeness (QED) is 0.163. The highest BCUT2D eigenvalue weighted by Crippen LogP contribution is 2.49. The first kappa shape index (κ1) is 36.5. The summed E-state index contributed by atoms with van der Waals surface area (Å²) in [4.78, 5) is 3.89. The molecular formula is C58H43BN2O2S. The first-order valence-electron chi connectivity index (χ1n) is 22.4. The second-order valence-electron chi connectivity index (χ2n) is 20.1. The summed E-state index contributed by atoms with van der Waals surface area (Å²) in [5.41, 5.74) is 18.5. The van der Waals surface area contributed by atoms with Crippen LogP contribution in [0.1, 0.15) is 52.7 Å². The number of fused-ring (bicyclic) bond motifs is 15. The van der Waals surface area contributed by atoms with Gasteiger partial charge in [-0.15, -0.1) is 11.3 Å². The maximum absolute atomic E-state index is 6.81. The van der Waals surface area contributed by atoms with E-state index in [2.05, 4.69) is 203 Å². The molecular weight excluding hydrogens is 800 g/mol. The maximum Gasteiger partial charge on any atom is 0.333 e. The molecule has 2 aliphatic heterocycles. The van der Waals surface area contributed by atoms with Crippen LogP contribution in [0, 0.1) is 0 Å². The minimum Gasteiger partial charge on any atom is -0.456 e. The van der Waals surface area contributed by atoms with Gasteiger partial charge >= 0.3 is 6.85 Å². The first-order chi connectivity index (χ1) is 31.0. The third-order valence-electron chi connectivity index (χ3n) is 14.3. The molecule has 6 heteroatoms. The van der Waals surface area contributed by atoms with Gasteiger partial charge in [0.05, 0.1) is 11.0 Å². The van der Waals surface area contributed by atoms with Gasteiger partial charge in [-0.2, -0.15) is 0 Å². The highest BCUT2D eigenvalue weighted by Gasteiger charge is 2.44. The molecule has 14 rings (SSSR count). The van der Waals surface area contributed by atoms with Gasteiger partial charge in [0.15, 0.2) is 0 Å². The van der Waals surface area contributed by atoms with Gasteiger partial charge in [-0.05, 0) is 104 Å². The second kappa shape index (κ2) is 12.4. The Morgan fingerprint density at radius 3 is 2.00 bits per heavy atom. The van der Waals surface area contributed by atoms with Crippen molar-refractivity contribution >= 4 is 116 Å². The van der Waals surface area contributed by atoms with Crippen LogP contribution < -0.4 is 15.7 Å². The average molecular weight is 843 g/mol. The van der Waals surface area contributed by atoms with Gasteiger partial charge in [0.2, 0.25) is 0 Å². The second-order valence-corrected chi connectivity index (χ2v) is 21.2. The molecule has 0 spiro atoms. The van der Waals surface area contributed by atoms with E-state index in [-0.39, 0.29) is 17.7 Å². The minimum atomic E-state index is -0.124. The number of para-hydroxylation sites is 1. The molecule has 4 aromatic heterocycles. The summed E-state index contributed by atoms with van der Waals surface area (Å²) in [6.07, 6.45) is 0. The summed E-state index contributed by atoms with van der Waals surface area (Å²) in [7, 11) is 0. The van der Waals surface area contributed by atoms with Crippen LogP contribution in [0.4, 0.5) is 11.4 Å². The van der Waals surface area contributed by atoms with E-state index in [0.29, 0.717) is 0 Å². The Bertz CT molecular complexity index is 3980. The summed E-state index contributed by atoms with van der Waals surface area (Å²) >= 11 is 1.87. The van der Waals surface area contributed by atoms with Crippen LogP contribution in [0.5, 0.6) is 0 Å². The lowest BCUT2D eigenvalue weighted by Gasteiger charge is -2.42. The predicted octanol–water partition coefficient (Wildman–Crippen LogP) is 15.3. The average Bonchev–Trinajstić information content (AvgIpc) is 4.06. The number of anilines is 2. The summed E-state index contributed by atoms with van der Waals surface area (Å²) in [5, 5.41) is 8.34. The molecule has 64 heavy (non-hydrogen) atoms. The van der Waals surface area contributed by atoms with Crippen molar-refractivity contribution in [2.45, 2.75) is 52.4 Å². The molecule has 12 aromatic rings. The van der Waals surface area contributed by atoms with Gasteiger partial charge in [-0.25, -0.2) is 0 Å². The molecule has 0 unspecified atom stereocenters. The fraction of sp³-hybridized carbons (Fsp3) is 0.138. The molecule has 2 aliphatic rings. The summed E-state index contributed by atoms with van der Waals surface area (Å²) in [6.45, 7) is 13.6. The fourth-order valence-corrected chi connectivity index (χ4v) is 12.1. The third-order valence-corrected chi connectivity index (χ3v) is 15.4. The number of thiophene rings is 1. The van der Waals surface area contributed by atoms with Crippen molar-refractivity contribution in [1.82, 2.24) is 4.57 Å². The third kappa shape index (κ3) is 4.95. The number of hydrogen-bond acceptors (Lipinski definition) is 4. The SMILES string of the molecule is CC(C)(C)c1ccc(N2B3c4cc5cc(-c6ccccc6)sc5cc4-n4c5cc6oc7ccccc7c6cc5c5ccc(c3c54)-c3cc4c(cc32)oc2ccc(C(C)(C)C)cc24)cc1. The monoisotopic (exact) mass is 842 g/mol. The summed E-state index contributed by atoms with van der Waals surface area (Å²) < 4.78 is 17.3. The van der Waals surface area contributed by atoms with Gasteiger partial charge < -0.3 is 18.2 Å². The van der Waals surface area contributed by atoms with Crippen LogP contribution in [-0.4, -0.2) is 11.4 Å². The molecule has 4 nitrogen and oxygen atoms in total. The molecule has 0 saturated heterocycles. The molecule has 0 atom stereocenters. The van der Waals surface area contributed by atoms with E-state index in [1.54, 1.807) is 0 Å². The van der Waals surface area contributed by atoms with Crippen molar-refractivity contribution in [3.8, 4) is 27.3 Å². The van der Waals surface area contributed by atoms with Gasteiger partial charge in [0.25, 0.3) is 0 Å². The van der Waals surface area contributed by atoms with Crippen molar-refractivity contribution in [3.63, 3.8) is 0 Å². The van der Waals surface area contributed by atoms with Crippen molar-refractivity contribution in [2.24, 2.45) is 0 Å². The molecule has 0 saturated carbocycles. The Morgan fingerprint density at radius 1 is 0.500 bits per heavy atom. The van der Waals surface area contributed by atoms with E-state index in [0.717, 1.165) is 60.8 Å². The van der Waals surface area contributed by atoms with E-state index in [1.165, 1.54) is 75.7 Å². The van der Waals surface area contributed by atoms with Gasteiger partial charge in [0.1, 0.15) is 22.3 Å². The summed E-state index contributed by atoms with van der Waals surface area (Å²) in [5.74, 6) is 0. The summed E-state index contributed by atoms with van der Waals surface area (Å²) in [6, 6.07) is 56.8. The van der Waals surface area contributed by atoms with E-state index >= 15 is 0 Å². The van der Waals surface area contributed by atoms with Crippen LogP contribution in [0.2, 0.25) is 0 Å². The van der Waals surface area contributed by atoms with E-state index in [4.69, 9.17) is 8.83 Å². The number of nitrogens with zero attached hydrogens (tertiary/aromatic N) is 2. The smallest absolute Gasteiger partial charge is 0.333 e. The molecule has 0 amide bonds. The minimum absolute atomic E-state index is 0.00823. The Balaban J connectivity index is 1.13. The number of rotatable bonds is 2. The lowest BCUT2D eigenvalue weighted by molar-refractivity contribution is 0.590. The van der Waals surface area contributed by atoms with Crippen molar-refractivity contribution in [3.05, 3.63) is 163 Å². The topological polar surface area (TPSA) is 34.5 Å². The first-order valence-corrected chi connectivity index (χ1v) is 23.2. The molecule has 6 heterocycles. The zero-order valence-electron chi connectivity index (χ0n) is 36.6. The van der Waals surface area contributed by atoms with Crippen molar-refractivity contribution in [2.75, 3.05) is 4.81 Å². The number of hydrogen-bond donors (Lipinski definition) is 0. The molecule has 0 radical (unpaired) electrons. The van der Waals surface area contributed by atoms with Crippen LogP contribution in [0.15, 0.2) is 160 Å². The van der Waals surface area contributed by atoms with E-state index in [9.17, 15) is 0 Å². The Kier molecular flexibility index (Phi) is 7.05. The van der Waals surface area contributed by atoms with Crippen LogP contribution in [0.3, 0.4) is 0 Å². The van der Waals surface area contributed by atoms with Gasteiger partial charge in [0, 0.05) is 76.7 Å². The largest absolute Gasteiger partial charge is 0.456 e. The zero-order chi connectivity index (χ0) is 43.0. The predicted molar refractivity (Wildman–Crippen MR) is 273 cm³/mol. The van der Waals surface area contributed by atoms with E-state index < -0.39 is 0 Å². The van der Waals surface area contributed by atoms with Crippen LogP contribution in [-0.2, 0) is 10.8 Å². The number of benzene rings is 8. The standard InChI is InChI=1S/C58H43BN2O2S/c1-57(2,3)34-16-19-36(20-17-34)61-47-30-52-44(42-26-35(58(4,5)6)18-23-50(42)63-52)27-40(47)38-21-22-39-41-28-43-37-14-10-11-15-49(37)62-51(43)29-46(41)60-48-31-54-33(24-45(48)59(61)55(38)56(39)60)25-53(64-54)32-12-8-7-9-13-32/h7-31H,1-6H3. The highest BCUT2D eigenvalue weighted by atomic mass is 32.1. The molecule has 0 N–H and O–H groups in total. The zero-order valence-corrected chi connectivity index (χ0v) is 37.4. The maximum atomic E-state index is 6.81. The lowest BCUT2D eigenvalue weighted by atomic mass is 9.44. The van der Waals surface area contributed by atoms with Crippen LogP contribution >= 0.6 is 11.3 Å². The molecule has 0 aliphatic carbocycles. The van der Waals surface area contributed by atoms with Crippen molar-refractivity contribution < 1.29 is 8.83 Å². The normalized spacial score (nSPS) is 13.7. The number of aromatic nitrogens is 1. The van der Waals surface area contributed by atoms with Gasteiger partial charge in [-0.1, -0.05) is 126 Å². The molecule has 0 fully saturated rings. The Morgan fingerprint density at radius 2 is 1.20 bits per heavy atom. The number of furan rings is 2. The Labute approximate surface area is 375 Å².